The summed E-state index contributed by atoms with van der Waals surface area (Å²) in [5, 5.41) is 16.6. The predicted octanol–water partition coefficient (Wildman–Crippen LogP) is 4.16. The third-order valence-corrected chi connectivity index (χ3v) is 4.21. The van der Waals surface area contributed by atoms with Gasteiger partial charge < -0.3 is 0 Å². The topological polar surface area (TPSA) is 75.8 Å². The zero-order valence-corrected chi connectivity index (χ0v) is 14.2. The number of para-hydroxylation sites is 1. The summed E-state index contributed by atoms with van der Waals surface area (Å²) in [6, 6.07) is 13.8. The first-order chi connectivity index (χ1) is 11.5. The summed E-state index contributed by atoms with van der Waals surface area (Å²) in [5.74, 6) is -0.260. The average Bonchev–Trinajstić information content (AvgIpc) is 2.85. The van der Waals surface area contributed by atoms with Gasteiger partial charge in [0.05, 0.1) is 26.4 Å². The standard InChI is InChI=1S/C17H12BrN3O3/c1-11-14(9-12-7-8-15(18)16(10-12)21(23)24)17(22)20(19-11)13-5-3-2-4-6-13/h2-10H,1H3/b14-9-. The summed E-state index contributed by atoms with van der Waals surface area (Å²) in [6.45, 7) is 1.74. The van der Waals surface area contributed by atoms with Gasteiger partial charge in [-0.1, -0.05) is 24.3 Å². The molecule has 120 valence electrons. The van der Waals surface area contributed by atoms with Crippen molar-refractivity contribution >= 4 is 45.0 Å². The Balaban J connectivity index is 1.97. The number of amides is 1. The number of hydrazone groups is 1. The SMILES string of the molecule is CC1=NN(c2ccccc2)C(=O)/C1=C\c1ccc(Br)c([N+](=O)[O-])c1. The smallest absolute Gasteiger partial charge is 0.267 e. The van der Waals surface area contributed by atoms with Gasteiger partial charge in [0.2, 0.25) is 0 Å². The van der Waals surface area contributed by atoms with E-state index in [4.69, 9.17) is 0 Å². The lowest BCUT2D eigenvalue weighted by Gasteiger charge is -2.11. The second-order valence-corrected chi connectivity index (χ2v) is 6.02. The molecule has 1 heterocycles. The summed E-state index contributed by atoms with van der Waals surface area (Å²) in [6.07, 6.45) is 1.61. The predicted molar refractivity (Wildman–Crippen MR) is 95.8 cm³/mol. The van der Waals surface area contributed by atoms with E-state index in [0.29, 0.717) is 27.0 Å². The Hall–Kier alpha value is -2.80. The number of nitro groups is 1. The Kier molecular flexibility index (Phi) is 4.26. The van der Waals surface area contributed by atoms with E-state index in [-0.39, 0.29) is 11.6 Å². The molecule has 0 unspecified atom stereocenters. The molecule has 0 spiro atoms. The van der Waals surface area contributed by atoms with Crippen molar-refractivity contribution in [3.05, 3.63) is 74.3 Å². The number of hydrogen-bond donors (Lipinski definition) is 0. The van der Waals surface area contributed by atoms with Crippen molar-refractivity contribution in [1.82, 2.24) is 0 Å². The summed E-state index contributed by atoms with van der Waals surface area (Å²) < 4.78 is 0.392. The van der Waals surface area contributed by atoms with E-state index in [9.17, 15) is 14.9 Å². The maximum absolute atomic E-state index is 12.6. The van der Waals surface area contributed by atoms with Gasteiger partial charge in [-0.2, -0.15) is 10.1 Å². The lowest BCUT2D eigenvalue weighted by Crippen LogP contribution is -2.21. The lowest BCUT2D eigenvalue weighted by molar-refractivity contribution is -0.385. The van der Waals surface area contributed by atoms with Crippen LogP contribution in [0.15, 0.2) is 63.7 Å². The third kappa shape index (κ3) is 2.98. The maximum atomic E-state index is 12.6. The number of carbonyl (C=O) groups is 1. The fourth-order valence-electron chi connectivity index (χ4n) is 2.35. The molecular weight excluding hydrogens is 374 g/mol. The summed E-state index contributed by atoms with van der Waals surface area (Å²) in [7, 11) is 0. The van der Waals surface area contributed by atoms with Crippen LogP contribution in [0.25, 0.3) is 6.08 Å². The van der Waals surface area contributed by atoms with Gasteiger partial charge in [-0.15, -0.1) is 0 Å². The molecule has 0 saturated carbocycles. The molecule has 2 aromatic rings. The number of nitro benzene ring substituents is 1. The molecule has 0 atom stereocenters. The lowest BCUT2D eigenvalue weighted by atomic mass is 10.1. The molecule has 24 heavy (non-hydrogen) atoms. The fourth-order valence-corrected chi connectivity index (χ4v) is 2.75. The monoisotopic (exact) mass is 385 g/mol. The number of benzene rings is 2. The Morgan fingerprint density at radius 1 is 1.21 bits per heavy atom. The Bertz CT molecular complexity index is 891. The van der Waals surface area contributed by atoms with Crippen LogP contribution in [0.1, 0.15) is 12.5 Å². The Labute approximate surface area is 146 Å². The summed E-state index contributed by atoms with van der Waals surface area (Å²) in [5.41, 5.74) is 2.17. The van der Waals surface area contributed by atoms with Crippen LogP contribution >= 0.6 is 15.9 Å². The minimum atomic E-state index is -0.472. The quantitative estimate of drug-likeness (QED) is 0.452. The second-order valence-electron chi connectivity index (χ2n) is 5.16. The van der Waals surface area contributed by atoms with Gasteiger partial charge in [-0.05, 0) is 52.7 Å². The van der Waals surface area contributed by atoms with Crippen molar-refractivity contribution in [1.29, 1.82) is 0 Å². The highest BCUT2D eigenvalue weighted by atomic mass is 79.9. The first-order valence-corrected chi connectivity index (χ1v) is 7.87. The van der Waals surface area contributed by atoms with Crippen molar-refractivity contribution in [3.63, 3.8) is 0 Å². The zero-order chi connectivity index (χ0) is 17.3. The minimum Gasteiger partial charge on any atom is -0.267 e. The van der Waals surface area contributed by atoms with E-state index in [1.165, 1.54) is 11.1 Å². The van der Waals surface area contributed by atoms with E-state index in [1.807, 2.05) is 18.2 Å². The highest BCUT2D eigenvalue weighted by molar-refractivity contribution is 9.10. The molecule has 6 nitrogen and oxygen atoms in total. The van der Waals surface area contributed by atoms with E-state index < -0.39 is 4.92 Å². The second kappa shape index (κ2) is 6.37. The highest BCUT2D eigenvalue weighted by Gasteiger charge is 2.28. The molecular formula is C17H12BrN3O3. The van der Waals surface area contributed by atoms with Crippen molar-refractivity contribution in [2.75, 3.05) is 5.01 Å². The molecule has 1 amide bonds. The molecule has 1 aliphatic heterocycles. The van der Waals surface area contributed by atoms with Gasteiger partial charge in [0, 0.05) is 6.07 Å². The molecule has 0 N–H and O–H groups in total. The molecule has 7 heteroatoms. The molecule has 0 saturated heterocycles. The first-order valence-electron chi connectivity index (χ1n) is 7.08. The largest absolute Gasteiger partial charge is 0.284 e. The van der Waals surface area contributed by atoms with Crippen LogP contribution in [0.3, 0.4) is 0 Å². The van der Waals surface area contributed by atoms with Crippen molar-refractivity contribution < 1.29 is 9.72 Å². The molecule has 0 fully saturated rings. The van der Waals surface area contributed by atoms with E-state index >= 15 is 0 Å². The van der Waals surface area contributed by atoms with Gasteiger partial charge in [0.15, 0.2) is 0 Å². The summed E-state index contributed by atoms with van der Waals surface area (Å²) >= 11 is 3.15. The molecule has 0 aromatic heterocycles. The molecule has 2 aromatic carbocycles. The minimum absolute atomic E-state index is 0.0516. The zero-order valence-electron chi connectivity index (χ0n) is 12.6. The normalized spacial score (nSPS) is 15.8. The van der Waals surface area contributed by atoms with E-state index in [1.54, 1.807) is 37.3 Å². The van der Waals surface area contributed by atoms with Crippen LogP contribution in [-0.4, -0.2) is 16.5 Å². The Morgan fingerprint density at radius 2 is 1.92 bits per heavy atom. The molecule has 1 aliphatic rings. The molecule has 0 bridgehead atoms. The number of hydrogen-bond acceptors (Lipinski definition) is 4. The van der Waals surface area contributed by atoms with Crippen LogP contribution in [0.5, 0.6) is 0 Å². The van der Waals surface area contributed by atoms with Crippen LogP contribution < -0.4 is 5.01 Å². The van der Waals surface area contributed by atoms with E-state index in [0.717, 1.165) is 0 Å². The van der Waals surface area contributed by atoms with Crippen molar-refractivity contribution in [2.45, 2.75) is 6.92 Å². The van der Waals surface area contributed by atoms with Crippen LogP contribution in [0, 0.1) is 10.1 Å². The summed E-state index contributed by atoms with van der Waals surface area (Å²) in [4.78, 5) is 23.2. The number of rotatable bonds is 3. The van der Waals surface area contributed by atoms with Crippen LogP contribution in [0.2, 0.25) is 0 Å². The number of nitrogens with zero attached hydrogens (tertiary/aromatic N) is 3. The number of carbonyl (C=O) groups excluding carboxylic acids is 1. The van der Waals surface area contributed by atoms with Crippen molar-refractivity contribution in [3.8, 4) is 0 Å². The molecule has 0 aliphatic carbocycles. The van der Waals surface area contributed by atoms with Crippen LogP contribution in [0.4, 0.5) is 11.4 Å². The fraction of sp³-hybridized carbons (Fsp3) is 0.0588. The van der Waals surface area contributed by atoms with Gasteiger partial charge >= 0.3 is 0 Å². The average molecular weight is 386 g/mol. The number of halogens is 1. The van der Waals surface area contributed by atoms with Gasteiger partial charge in [0.25, 0.3) is 11.6 Å². The van der Waals surface area contributed by atoms with E-state index in [2.05, 4.69) is 21.0 Å². The highest BCUT2D eigenvalue weighted by Crippen LogP contribution is 2.28. The molecule has 0 radical (unpaired) electrons. The van der Waals surface area contributed by atoms with Gasteiger partial charge in [-0.25, -0.2) is 0 Å². The number of anilines is 1. The maximum Gasteiger partial charge on any atom is 0.284 e. The van der Waals surface area contributed by atoms with Gasteiger partial charge in [-0.3, -0.25) is 14.9 Å². The van der Waals surface area contributed by atoms with Crippen LogP contribution in [-0.2, 0) is 4.79 Å². The third-order valence-electron chi connectivity index (χ3n) is 3.54. The van der Waals surface area contributed by atoms with Crippen molar-refractivity contribution in [2.24, 2.45) is 5.10 Å². The molecule has 3 rings (SSSR count). The van der Waals surface area contributed by atoms with Gasteiger partial charge in [0.1, 0.15) is 0 Å². The Morgan fingerprint density at radius 3 is 2.58 bits per heavy atom. The first kappa shape index (κ1) is 16.1.